The van der Waals surface area contributed by atoms with Crippen molar-refractivity contribution in [2.24, 2.45) is 0 Å². The van der Waals surface area contributed by atoms with Crippen LogP contribution < -0.4 is 5.32 Å². The number of ether oxygens (including phenoxy) is 1. The summed E-state index contributed by atoms with van der Waals surface area (Å²) >= 11 is 0. The molecule has 22 heavy (non-hydrogen) atoms. The van der Waals surface area contributed by atoms with Crippen LogP contribution in [0.4, 0.5) is 0 Å². The van der Waals surface area contributed by atoms with Crippen LogP contribution in [0.15, 0.2) is 30.3 Å². The predicted molar refractivity (Wildman–Crippen MR) is 91.1 cm³/mol. The molecule has 4 nitrogen and oxygen atoms in total. The zero-order valence-corrected chi connectivity index (χ0v) is 14.2. The van der Waals surface area contributed by atoms with Crippen LogP contribution in [0.3, 0.4) is 0 Å². The van der Waals surface area contributed by atoms with Gasteiger partial charge in [-0.15, -0.1) is 0 Å². The van der Waals surface area contributed by atoms with Crippen molar-refractivity contribution in [2.75, 3.05) is 39.4 Å². The van der Waals surface area contributed by atoms with E-state index in [0.717, 1.165) is 26.2 Å². The third kappa shape index (κ3) is 7.57. The number of nitrogens with zero attached hydrogens (tertiary/aromatic N) is 1. The topological polar surface area (TPSA) is 41.6 Å². The molecule has 1 aromatic carbocycles. The monoisotopic (exact) mass is 306 g/mol. The number of hydrogen-bond donors (Lipinski definition) is 1. The molecule has 0 aliphatic carbocycles. The molecule has 0 fully saturated rings. The van der Waals surface area contributed by atoms with E-state index in [1.807, 2.05) is 18.2 Å². The van der Waals surface area contributed by atoms with Gasteiger partial charge in [0.05, 0.1) is 13.2 Å². The van der Waals surface area contributed by atoms with Gasteiger partial charge in [0.1, 0.15) is 0 Å². The fourth-order valence-corrected chi connectivity index (χ4v) is 2.35. The summed E-state index contributed by atoms with van der Waals surface area (Å²) in [5.74, 6) is 0.327. The molecule has 0 heterocycles. The summed E-state index contributed by atoms with van der Waals surface area (Å²) in [5.41, 5.74) is 1.20. The first-order valence-electron chi connectivity index (χ1n) is 8.29. The number of benzene rings is 1. The van der Waals surface area contributed by atoms with Gasteiger partial charge in [0.15, 0.2) is 0 Å². The van der Waals surface area contributed by atoms with Crippen molar-refractivity contribution in [2.45, 2.75) is 33.1 Å². The summed E-state index contributed by atoms with van der Waals surface area (Å²) in [6.07, 6.45) is 0.517. The third-order valence-electron chi connectivity index (χ3n) is 3.88. The highest BCUT2D eigenvalue weighted by Gasteiger charge is 2.10. The highest BCUT2D eigenvalue weighted by molar-refractivity contribution is 5.76. The van der Waals surface area contributed by atoms with E-state index in [9.17, 15) is 4.79 Å². The van der Waals surface area contributed by atoms with Crippen LogP contribution in [-0.4, -0.2) is 50.2 Å². The maximum absolute atomic E-state index is 11.9. The smallest absolute Gasteiger partial charge is 0.220 e. The second kappa shape index (κ2) is 11.2. The van der Waals surface area contributed by atoms with Gasteiger partial charge in [-0.2, -0.15) is 0 Å². The Hall–Kier alpha value is -1.39. The van der Waals surface area contributed by atoms with E-state index in [-0.39, 0.29) is 11.8 Å². The van der Waals surface area contributed by atoms with Gasteiger partial charge in [-0.25, -0.2) is 0 Å². The fourth-order valence-electron chi connectivity index (χ4n) is 2.35. The minimum Gasteiger partial charge on any atom is -0.378 e. The maximum Gasteiger partial charge on any atom is 0.220 e. The van der Waals surface area contributed by atoms with Crippen molar-refractivity contribution in [1.82, 2.24) is 10.2 Å². The van der Waals surface area contributed by atoms with Crippen molar-refractivity contribution >= 4 is 5.91 Å². The van der Waals surface area contributed by atoms with E-state index in [4.69, 9.17) is 4.74 Å². The molecule has 0 spiro atoms. The fraction of sp³-hybridized carbons (Fsp3) is 0.611. The summed E-state index contributed by atoms with van der Waals surface area (Å²) in [6, 6.07) is 10.1. The van der Waals surface area contributed by atoms with Crippen LogP contribution in [0.1, 0.15) is 38.7 Å². The molecule has 0 saturated heterocycles. The molecule has 0 aliphatic rings. The average molecular weight is 306 g/mol. The van der Waals surface area contributed by atoms with Gasteiger partial charge in [0, 0.05) is 19.5 Å². The summed E-state index contributed by atoms with van der Waals surface area (Å²) in [6.45, 7) is 11.3. The molecule has 1 N–H and O–H groups in total. The van der Waals surface area contributed by atoms with E-state index in [1.54, 1.807) is 0 Å². The SMILES string of the molecule is CCN(CC)CCOCCNC(=O)CC(C)c1ccccc1. The lowest BCUT2D eigenvalue weighted by Gasteiger charge is -2.17. The minimum absolute atomic E-state index is 0.0868. The van der Waals surface area contributed by atoms with Gasteiger partial charge in [-0.1, -0.05) is 51.1 Å². The van der Waals surface area contributed by atoms with Crippen molar-refractivity contribution in [3.05, 3.63) is 35.9 Å². The molecule has 4 heteroatoms. The number of carbonyl (C=O) groups is 1. The summed E-state index contributed by atoms with van der Waals surface area (Å²) in [7, 11) is 0. The van der Waals surface area contributed by atoms with E-state index < -0.39 is 0 Å². The molecule has 1 atom stereocenters. The van der Waals surface area contributed by atoms with Crippen molar-refractivity contribution in [3.63, 3.8) is 0 Å². The Kier molecular flexibility index (Phi) is 9.51. The standard InChI is InChI=1S/C18H30N2O2/c1-4-20(5-2)12-14-22-13-11-19-18(21)15-16(3)17-9-7-6-8-10-17/h6-10,16H,4-5,11-15H2,1-3H3,(H,19,21). The largest absolute Gasteiger partial charge is 0.378 e. The van der Waals surface area contributed by atoms with Crippen molar-refractivity contribution < 1.29 is 9.53 Å². The Morgan fingerprint density at radius 3 is 2.50 bits per heavy atom. The lowest BCUT2D eigenvalue weighted by molar-refractivity contribution is -0.121. The van der Waals surface area contributed by atoms with E-state index >= 15 is 0 Å². The van der Waals surface area contributed by atoms with Gasteiger partial charge in [0.25, 0.3) is 0 Å². The molecular formula is C18H30N2O2. The van der Waals surface area contributed by atoms with Crippen LogP contribution in [0, 0.1) is 0 Å². The molecule has 0 aromatic heterocycles. The van der Waals surface area contributed by atoms with Crippen molar-refractivity contribution in [3.8, 4) is 0 Å². The van der Waals surface area contributed by atoms with Crippen LogP contribution in [0.2, 0.25) is 0 Å². The van der Waals surface area contributed by atoms with Crippen molar-refractivity contribution in [1.29, 1.82) is 0 Å². The first-order valence-corrected chi connectivity index (χ1v) is 8.29. The average Bonchev–Trinajstić information content (AvgIpc) is 2.55. The Labute approximate surface area is 134 Å². The number of hydrogen-bond acceptors (Lipinski definition) is 3. The minimum atomic E-state index is 0.0868. The highest BCUT2D eigenvalue weighted by Crippen LogP contribution is 2.17. The Morgan fingerprint density at radius 1 is 1.18 bits per heavy atom. The van der Waals surface area contributed by atoms with Gasteiger partial charge in [0.2, 0.25) is 5.91 Å². The van der Waals surface area contributed by atoms with Gasteiger partial charge in [-0.05, 0) is 24.6 Å². The van der Waals surface area contributed by atoms with Gasteiger partial charge >= 0.3 is 0 Å². The predicted octanol–water partition coefficient (Wildman–Crippen LogP) is 2.65. The molecule has 124 valence electrons. The molecule has 1 rings (SSSR count). The summed E-state index contributed by atoms with van der Waals surface area (Å²) in [4.78, 5) is 14.2. The number of nitrogens with one attached hydrogen (secondary N) is 1. The third-order valence-corrected chi connectivity index (χ3v) is 3.88. The molecule has 0 radical (unpaired) electrons. The lowest BCUT2D eigenvalue weighted by atomic mass is 9.98. The zero-order chi connectivity index (χ0) is 16.2. The van der Waals surface area contributed by atoms with E-state index in [1.165, 1.54) is 5.56 Å². The molecule has 1 aromatic rings. The maximum atomic E-state index is 11.9. The Morgan fingerprint density at radius 2 is 1.86 bits per heavy atom. The molecule has 1 amide bonds. The number of likely N-dealkylation sites (N-methyl/N-ethyl adjacent to an activating group) is 1. The van der Waals surface area contributed by atoms with E-state index in [0.29, 0.717) is 19.6 Å². The molecule has 0 saturated carbocycles. The van der Waals surface area contributed by atoms with E-state index in [2.05, 4.69) is 43.1 Å². The lowest BCUT2D eigenvalue weighted by Crippen LogP contribution is -2.30. The molecule has 0 bridgehead atoms. The Bertz CT molecular complexity index is 405. The Balaban J connectivity index is 2.09. The number of amides is 1. The second-order valence-corrected chi connectivity index (χ2v) is 5.51. The summed E-state index contributed by atoms with van der Waals surface area (Å²) in [5, 5.41) is 2.92. The van der Waals surface area contributed by atoms with Gasteiger partial charge in [-0.3, -0.25) is 4.79 Å². The normalized spacial score (nSPS) is 12.4. The molecule has 0 aliphatic heterocycles. The molecule has 1 unspecified atom stereocenters. The second-order valence-electron chi connectivity index (χ2n) is 5.51. The van der Waals surface area contributed by atoms with Crippen LogP contribution in [0.25, 0.3) is 0 Å². The molecular weight excluding hydrogens is 276 g/mol. The van der Waals surface area contributed by atoms with Crippen LogP contribution >= 0.6 is 0 Å². The van der Waals surface area contributed by atoms with Crippen LogP contribution in [-0.2, 0) is 9.53 Å². The number of rotatable bonds is 11. The van der Waals surface area contributed by atoms with Gasteiger partial charge < -0.3 is 15.0 Å². The van der Waals surface area contributed by atoms with Crippen LogP contribution in [0.5, 0.6) is 0 Å². The first-order chi connectivity index (χ1) is 10.7. The first kappa shape index (κ1) is 18.7. The zero-order valence-electron chi connectivity index (χ0n) is 14.2. The summed E-state index contributed by atoms with van der Waals surface area (Å²) < 4.78 is 5.55. The highest BCUT2D eigenvalue weighted by atomic mass is 16.5. The number of carbonyl (C=O) groups excluding carboxylic acids is 1. The quantitative estimate of drug-likeness (QED) is 0.639.